The average molecular weight is 452 g/mol. The zero-order valence-corrected chi connectivity index (χ0v) is 17.7. The van der Waals surface area contributed by atoms with E-state index in [2.05, 4.69) is 22.0 Å². The Labute approximate surface area is 178 Å². The van der Waals surface area contributed by atoms with E-state index in [-0.39, 0.29) is 12.4 Å². The second-order valence-electron chi connectivity index (χ2n) is 6.49. The summed E-state index contributed by atoms with van der Waals surface area (Å²) in [7, 11) is 1.56. The normalized spacial score (nSPS) is 11.1. The lowest BCUT2D eigenvalue weighted by Gasteiger charge is -2.14. The van der Waals surface area contributed by atoms with Crippen LogP contribution in [0.4, 0.5) is 4.39 Å². The Morgan fingerprint density at radius 3 is 2.41 bits per heavy atom. The van der Waals surface area contributed by atoms with Crippen molar-refractivity contribution in [3.05, 3.63) is 93.2 Å². The van der Waals surface area contributed by atoms with Crippen molar-refractivity contribution in [2.45, 2.75) is 13.5 Å². The second kappa shape index (κ2) is 9.40. The monoisotopic (exact) mass is 451 g/mol. The topological polar surface area (TPSA) is 42.2 Å². The van der Waals surface area contributed by atoms with E-state index >= 15 is 0 Å². The zero-order valence-electron chi connectivity index (χ0n) is 16.1. The molecule has 0 aromatic heterocycles. The first-order valence-corrected chi connectivity index (χ1v) is 9.73. The van der Waals surface area contributed by atoms with Crippen LogP contribution in [0.5, 0.6) is 11.5 Å². The molecule has 0 N–H and O–H groups in total. The number of hydrogen-bond donors (Lipinski definition) is 0. The molecule has 3 aromatic carbocycles. The molecule has 29 heavy (non-hydrogen) atoms. The molecular formula is C24H19BrFNO2. The van der Waals surface area contributed by atoms with Crippen molar-refractivity contribution < 1.29 is 13.9 Å². The van der Waals surface area contributed by atoms with Gasteiger partial charge in [0.25, 0.3) is 0 Å². The number of ether oxygens (including phenoxy) is 2. The maximum absolute atomic E-state index is 13.1. The average Bonchev–Trinajstić information content (AvgIpc) is 2.72. The van der Waals surface area contributed by atoms with Gasteiger partial charge in [0.05, 0.1) is 23.2 Å². The molecule has 0 bridgehead atoms. The van der Waals surface area contributed by atoms with Crippen LogP contribution in [0.1, 0.15) is 22.3 Å². The van der Waals surface area contributed by atoms with Crippen molar-refractivity contribution in [1.82, 2.24) is 0 Å². The standard InChI is InChI=1S/C24H19BrFNO2/c1-16-3-7-19(8-4-16)20(14-27)11-18-12-22(25)24(23(13-18)28-2)29-15-17-5-9-21(26)10-6-17/h3-13H,15H2,1-2H3/b20-11+. The smallest absolute Gasteiger partial charge is 0.175 e. The zero-order chi connectivity index (χ0) is 20.8. The fourth-order valence-corrected chi connectivity index (χ4v) is 3.35. The van der Waals surface area contributed by atoms with Crippen molar-refractivity contribution in [2.24, 2.45) is 0 Å². The lowest BCUT2D eigenvalue weighted by molar-refractivity contribution is 0.282. The van der Waals surface area contributed by atoms with E-state index in [1.807, 2.05) is 49.4 Å². The molecule has 5 heteroatoms. The van der Waals surface area contributed by atoms with E-state index in [0.717, 1.165) is 22.3 Å². The molecule has 0 saturated carbocycles. The van der Waals surface area contributed by atoms with Crippen LogP contribution in [0.2, 0.25) is 0 Å². The van der Waals surface area contributed by atoms with Gasteiger partial charge in [0.2, 0.25) is 0 Å². The van der Waals surface area contributed by atoms with Crippen molar-refractivity contribution in [2.75, 3.05) is 7.11 Å². The Morgan fingerprint density at radius 2 is 1.79 bits per heavy atom. The maximum atomic E-state index is 13.1. The van der Waals surface area contributed by atoms with E-state index in [1.54, 1.807) is 19.2 Å². The molecule has 0 aliphatic rings. The summed E-state index contributed by atoms with van der Waals surface area (Å²) in [4.78, 5) is 0. The van der Waals surface area contributed by atoms with Gasteiger partial charge in [-0.2, -0.15) is 5.26 Å². The molecule has 0 aliphatic carbocycles. The highest BCUT2D eigenvalue weighted by atomic mass is 79.9. The number of benzene rings is 3. The third-order valence-corrected chi connectivity index (χ3v) is 4.93. The summed E-state index contributed by atoms with van der Waals surface area (Å²) in [5.74, 6) is 0.794. The minimum Gasteiger partial charge on any atom is -0.493 e. The molecule has 0 heterocycles. The fraction of sp³-hybridized carbons (Fsp3) is 0.125. The molecule has 0 unspecified atom stereocenters. The summed E-state index contributed by atoms with van der Waals surface area (Å²) in [5.41, 5.74) is 4.19. The van der Waals surface area contributed by atoms with Crippen LogP contribution in [0.25, 0.3) is 11.6 Å². The van der Waals surface area contributed by atoms with Gasteiger partial charge >= 0.3 is 0 Å². The van der Waals surface area contributed by atoms with Gasteiger partial charge in [-0.05, 0) is 69.9 Å². The summed E-state index contributed by atoms with van der Waals surface area (Å²) in [5, 5.41) is 9.58. The van der Waals surface area contributed by atoms with Crippen LogP contribution in [0, 0.1) is 24.1 Å². The van der Waals surface area contributed by atoms with Gasteiger partial charge < -0.3 is 9.47 Å². The number of rotatable bonds is 6. The molecule has 0 aliphatic heterocycles. The fourth-order valence-electron chi connectivity index (χ4n) is 2.78. The first-order valence-electron chi connectivity index (χ1n) is 8.94. The van der Waals surface area contributed by atoms with Gasteiger partial charge in [-0.15, -0.1) is 0 Å². The quantitative estimate of drug-likeness (QED) is 0.315. The summed E-state index contributed by atoms with van der Waals surface area (Å²) in [6.45, 7) is 2.28. The molecule has 3 rings (SSSR count). The Hall–Kier alpha value is -3.10. The number of nitriles is 1. The Bertz CT molecular complexity index is 1070. The molecule has 0 radical (unpaired) electrons. The van der Waals surface area contributed by atoms with Crippen LogP contribution in [0.15, 0.2) is 65.1 Å². The van der Waals surface area contributed by atoms with E-state index in [0.29, 0.717) is 21.5 Å². The van der Waals surface area contributed by atoms with Gasteiger partial charge in [0.15, 0.2) is 11.5 Å². The Balaban J connectivity index is 1.88. The minimum atomic E-state index is -0.287. The molecule has 0 amide bonds. The highest BCUT2D eigenvalue weighted by Crippen LogP contribution is 2.38. The Morgan fingerprint density at radius 1 is 1.10 bits per heavy atom. The number of aryl methyl sites for hydroxylation is 1. The van der Waals surface area contributed by atoms with Gasteiger partial charge in [-0.25, -0.2) is 4.39 Å². The van der Waals surface area contributed by atoms with Gasteiger partial charge in [-0.1, -0.05) is 42.0 Å². The number of allylic oxidation sites excluding steroid dienone is 1. The van der Waals surface area contributed by atoms with Gasteiger partial charge in [0.1, 0.15) is 12.4 Å². The molecule has 3 aromatic rings. The van der Waals surface area contributed by atoms with Crippen LogP contribution in [-0.4, -0.2) is 7.11 Å². The minimum absolute atomic E-state index is 0.275. The molecular weight excluding hydrogens is 433 g/mol. The van der Waals surface area contributed by atoms with Crippen molar-refractivity contribution in [3.63, 3.8) is 0 Å². The van der Waals surface area contributed by atoms with E-state index in [4.69, 9.17) is 9.47 Å². The van der Waals surface area contributed by atoms with Crippen molar-refractivity contribution in [3.8, 4) is 17.6 Å². The highest BCUT2D eigenvalue weighted by molar-refractivity contribution is 9.10. The molecule has 3 nitrogen and oxygen atoms in total. The van der Waals surface area contributed by atoms with Crippen LogP contribution in [-0.2, 0) is 6.61 Å². The third-order valence-electron chi connectivity index (χ3n) is 4.34. The molecule has 146 valence electrons. The molecule has 0 saturated heterocycles. The summed E-state index contributed by atoms with van der Waals surface area (Å²) in [6, 6.07) is 19.9. The maximum Gasteiger partial charge on any atom is 0.175 e. The van der Waals surface area contributed by atoms with Crippen molar-refractivity contribution in [1.29, 1.82) is 5.26 Å². The first-order chi connectivity index (χ1) is 14.0. The third kappa shape index (κ3) is 5.24. The summed E-state index contributed by atoms with van der Waals surface area (Å²) < 4.78 is 25.1. The number of nitrogens with zero attached hydrogens (tertiary/aromatic N) is 1. The van der Waals surface area contributed by atoms with Crippen LogP contribution < -0.4 is 9.47 Å². The van der Waals surface area contributed by atoms with E-state index < -0.39 is 0 Å². The van der Waals surface area contributed by atoms with Crippen LogP contribution in [0.3, 0.4) is 0 Å². The van der Waals surface area contributed by atoms with E-state index in [1.165, 1.54) is 12.1 Å². The molecule has 0 spiro atoms. The largest absolute Gasteiger partial charge is 0.493 e. The van der Waals surface area contributed by atoms with E-state index in [9.17, 15) is 9.65 Å². The summed E-state index contributed by atoms with van der Waals surface area (Å²) >= 11 is 3.52. The Kier molecular flexibility index (Phi) is 6.69. The predicted octanol–water partition coefficient (Wildman–Crippen LogP) is 6.55. The predicted molar refractivity (Wildman–Crippen MR) is 116 cm³/mol. The lowest BCUT2D eigenvalue weighted by atomic mass is 10.0. The summed E-state index contributed by atoms with van der Waals surface area (Å²) in [6.07, 6.45) is 1.81. The van der Waals surface area contributed by atoms with Gasteiger partial charge in [-0.3, -0.25) is 0 Å². The van der Waals surface area contributed by atoms with Gasteiger partial charge in [0, 0.05) is 0 Å². The van der Waals surface area contributed by atoms with Crippen LogP contribution >= 0.6 is 15.9 Å². The number of methoxy groups -OCH3 is 1. The molecule has 0 atom stereocenters. The lowest BCUT2D eigenvalue weighted by Crippen LogP contribution is -1.99. The first kappa shape index (κ1) is 20.6. The second-order valence-corrected chi connectivity index (χ2v) is 7.34. The highest BCUT2D eigenvalue weighted by Gasteiger charge is 2.12. The number of halogens is 2. The number of hydrogen-bond acceptors (Lipinski definition) is 3. The molecule has 0 fully saturated rings. The SMILES string of the molecule is COc1cc(/C=C(\C#N)c2ccc(C)cc2)cc(Br)c1OCc1ccc(F)cc1. The van der Waals surface area contributed by atoms with Crippen molar-refractivity contribution >= 4 is 27.6 Å².